The highest BCUT2D eigenvalue weighted by molar-refractivity contribution is 7.85. The van der Waals surface area contributed by atoms with E-state index >= 15 is 0 Å². The van der Waals surface area contributed by atoms with Gasteiger partial charge in [-0.3, -0.25) is 0 Å². The van der Waals surface area contributed by atoms with Gasteiger partial charge in [0, 0.05) is 13.6 Å². The van der Waals surface area contributed by atoms with Gasteiger partial charge < -0.3 is 15.3 Å². The molecule has 2 N–H and O–H groups in total. The fraction of sp³-hybridized carbons (Fsp3) is 0.292. The van der Waals surface area contributed by atoms with Crippen molar-refractivity contribution in [3.63, 3.8) is 0 Å². The summed E-state index contributed by atoms with van der Waals surface area (Å²) in [5, 5.41) is 13.4. The van der Waals surface area contributed by atoms with Crippen LogP contribution >= 0.6 is 0 Å². The van der Waals surface area contributed by atoms with Crippen molar-refractivity contribution in [2.45, 2.75) is 37.4 Å². The summed E-state index contributed by atoms with van der Waals surface area (Å²) in [6.07, 6.45) is 3.00. The smallest absolute Gasteiger partial charge is 0.389 e. The summed E-state index contributed by atoms with van der Waals surface area (Å²) in [4.78, 5) is 10.9. The zero-order chi connectivity index (χ0) is 23.6. The Kier molecular flexibility index (Phi) is 6.44. The normalized spacial score (nSPS) is 18.0. The van der Waals surface area contributed by atoms with Gasteiger partial charge in [-0.15, -0.1) is 3.98 Å². The average Bonchev–Trinajstić information content (AvgIpc) is 2.95. The van der Waals surface area contributed by atoms with E-state index in [1.54, 1.807) is 30.5 Å². The van der Waals surface area contributed by atoms with Crippen molar-refractivity contribution < 1.29 is 17.5 Å². The molecule has 1 aromatic heterocycles. The molecule has 0 spiro atoms. The van der Waals surface area contributed by atoms with E-state index in [1.165, 1.54) is 10.3 Å². The molecular weight excluding hydrogens is 438 g/mol. The van der Waals surface area contributed by atoms with Crippen molar-refractivity contribution in [3.8, 4) is 0 Å². The van der Waals surface area contributed by atoms with Gasteiger partial charge in [-0.05, 0) is 31.5 Å². The molecule has 2 atom stereocenters. The second-order valence-corrected chi connectivity index (χ2v) is 10.1. The number of nitrogens with zero attached hydrogens (tertiary/aromatic N) is 4. The van der Waals surface area contributed by atoms with E-state index in [1.807, 2.05) is 56.1 Å². The number of aliphatic hydroxyl groups excluding tert-OH is 1. The maximum absolute atomic E-state index is 13.6. The Balaban J connectivity index is 1.84. The summed E-state index contributed by atoms with van der Waals surface area (Å²) in [7, 11) is -2.03. The van der Waals surface area contributed by atoms with Crippen molar-refractivity contribution in [2.24, 2.45) is 0 Å². The highest BCUT2D eigenvalue weighted by atomic mass is 32.2. The van der Waals surface area contributed by atoms with Gasteiger partial charge in [-0.2, -0.15) is 8.42 Å². The van der Waals surface area contributed by atoms with Gasteiger partial charge in [-0.25, -0.2) is 9.97 Å². The lowest BCUT2D eigenvalue weighted by molar-refractivity contribution is -0.417. The molecule has 2 heterocycles. The standard InChI is InChI=1S/C24H27N5O3S/c1-17-9-11-20(12-10-17)33(31,32)29-14-21-23(27-18(2)22(29)15-30)25-16-26-24(21)28(3)13-19-7-5-4-6-8-19/h4-12,14,16,18,22,30H,13,15H2,1-3H3/p+1/t18?,22-/m1/s1. The van der Waals surface area contributed by atoms with Crippen molar-refractivity contribution >= 4 is 27.9 Å². The van der Waals surface area contributed by atoms with Gasteiger partial charge in [0.1, 0.15) is 35.0 Å². The van der Waals surface area contributed by atoms with Crippen LogP contribution < -0.4 is 10.2 Å². The molecule has 1 aliphatic heterocycles. The third-order valence-corrected chi connectivity index (χ3v) is 7.59. The fourth-order valence-corrected chi connectivity index (χ4v) is 5.50. The second kappa shape index (κ2) is 9.29. The number of hydrogen-bond donors (Lipinski definition) is 2. The topological polar surface area (TPSA) is 98.4 Å². The molecule has 9 heteroatoms. The van der Waals surface area contributed by atoms with E-state index in [0.717, 1.165) is 11.1 Å². The van der Waals surface area contributed by atoms with Gasteiger partial charge in [-0.1, -0.05) is 48.0 Å². The Hall–Kier alpha value is -3.30. The predicted octanol–water partition coefficient (Wildman–Crippen LogP) is 2.42. The van der Waals surface area contributed by atoms with Gasteiger partial charge in [0.25, 0.3) is 0 Å². The van der Waals surface area contributed by atoms with Crippen molar-refractivity contribution in [1.82, 2.24) is 9.97 Å². The highest BCUT2D eigenvalue weighted by Crippen LogP contribution is 2.27. The van der Waals surface area contributed by atoms with Gasteiger partial charge in [0.05, 0.1) is 6.04 Å². The van der Waals surface area contributed by atoms with E-state index in [2.05, 4.69) is 15.3 Å². The second-order valence-electron chi connectivity index (χ2n) is 8.26. The van der Waals surface area contributed by atoms with E-state index in [4.69, 9.17) is 0 Å². The van der Waals surface area contributed by atoms with Crippen LogP contribution in [0.25, 0.3) is 0 Å². The molecular formula is C24H28N5O3S+. The highest BCUT2D eigenvalue weighted by Gasteiger charge is 2.41. The molecule has 0 bridgehead atoms. The van der Waals surface area contributed by atoms with Crippen LogP contribution in [-0.2, 0) is 16.6 Å². The Morgan fingerprint density at radius 2 is 1.79 bits per heavy atom. The molecule has 172 valence electrons. The van der Waals surface area contributed by atoms with Gasteiger partial charge in [0.15, 0.2) is 6.21 Å². The predicted molar refractivity (Wildman–Crippen MR) is 128 cm³/mol. The lowest BCUT2D eigenvalue weighted by atomic mass is 10.1. The van der Waals surface area contributed by atoms with Crippen LogP contribution in [0.5, 0.6) is 0 Å². The Morgan fingerprint density at radius 1 is 1.09 bits per heavy atom. The van der Waals surface area contributed by atoms with E-state index < -0.39 is 22.1 Å². The molecule has 3 aromatic rings. The van der Waals surface area contributed by atoms with Crippen molar-refractivity contribution in [1.29, 1.82) is 0 Å². The summed E-state index contributed by atoms with van der Waals surface area (Å²) >= 11 is 0. The molecule has 0 saturated carbocycles. The van der Waals surface area contributed by atoms with Crippen LogP contribution in [0.2, 0.25) is 0 Å². The molecule has 1 unspecified atom stereocenters. The minimum atomic E-state index is -3.94. The zero-order valence-electron chi connectivity index (χ0n) is 18.9. The van der Waals surface area contributed by atoms with Crippen LogP contribution in [0.3, 0.4) is 0 Å². The summed E-state index contributed by atoms with van der Waals surface area (Å²) < 4.78 is 28.5. The lowest BCUT2D eigenvalue weighted by Gasteiger charge is -2.21. The molecule has 1 aliphatic rings. The van der Waals surface area contributed by atoms with Crippen LogP contribution in [-0.4, -0.2) is 59.4 Å². The first-order valence-corrected chi connectivity index (χ1v) is 12.2. The van der Waals surface area contributed by atoms with Crippen LogP contribution in [0.4, 0.5) is 11.6 Å². The molecule has 0 amide bonds. The lowest BCUT2D eigenvalue weighted by Crippen LogP contribution is -2.44. The quantitative estimate of drug-likeness (QED) is 0.539. The number of fused-ring (bicyclic) bond motifs is 1. The largest absolute Gasteiger partial charge is 0.395 e. The van der Waals surface area contributed by atoms with Crippen LogP contribution in [0, 0.1) is 6.92 Å². The average molecular weight is 467 g/mol. The monoisotopic (exact) mass is 466 g/mol. The van der Waals surface area contributed by atoms with Crippen LogP contribution in [0.15, 0.2) is 65.8 Å². The Bertz CT molecular complexity index is 1260. The molecule has 0 radical (unpaired) electrons. The number of sulfonamides is 1. The Labute approximate surface area is 194 Å². The molecule has 0 aliphatic carbocycles. The number of nitrogens with one attached hydrogen (secondary N) is 1. The van der Waals surface area contributed by atoms with E-state index in [9.17, 15) is 13.5 Å². The van der Waals surface area contributed by atoms with Crippen molar-refractivity contribution in [3.05, 3.63) is 77.6 Å². The zero-order valence-corrected chi connectivity index (χ0v) is 19.7. The van der Waals surface area contributed by atoms with Gasteiger partial charge >= 0.3 is 10.0 Å². The molecule has 33 heavy (non-hydrogen) atoms. The molecule has 0 saturated heterocycles. The number of aromatic nitrogens is 2. The fourth-order valence-electron chi connectivity index (χ4n) is 3.93. The summed E-state index contributed by atoms with van der Waals surface area (Å²) in [5.74, 6) is 1.11. The third kappa shape index (κ3) is 4.60. The molecule has 2 aromatic carbocycles. The van der Waals surface area contributed by atoms with Crippen LogP contribution in [0.1, 0.15) is 23.6 Å². The maximum Gasteiger partial charge on any atom is 0.395 e. The summed E-state index contributed by atoms with van der Waals surface area (Å²) in [6, 6.07) is 15.5. The first-order valence-electron chi connectivity index (χ1n) is 10.7. The number of anilines is 2. The first kappa shape index (κ1) is 22.9. The van der Waals surface area contributed by atoms with E-state index in [-0.39, 0.29) is 11.5 Å². The van der Waals surface area contributed by atoms with Crippen molar-refractivity contribution in [2.75, 3.05) is 23.9 Å². The number of hydrogen-bond acceptors (Lipinski definition) is 7. The first-order chi connectivity index (χ1) is 15.8. The number of benzene rings is 2. The summed E-state index contributed by atoms with van der Waals surface area (Å²) in [6.45, 7) is 3.96. The SMILES string of the molecule is Cc1ccc(S(=O)(=O)[N+]2=Cc3c(ncnc3N(C)Cc3ccccc3)NC(C)[C@H]2CO)cc1. The summed E-state index contributed by atoms with van der Waals surface area (Å²) in [5.41, 5.74) is 2.61. The van der Waals surface area contributed by atoms with E-state index in [0.29, 0.717) is 23.7 Å². The Morgan fingerprint density at radius 3 is 2.45 bits per heavy atom. The minimum absolute atomic E-state index is 0.162. The number of aliphatic hydroxyl groups is 1. The number of aryl methyl sites for hydroxylation is 1. The number of rotatable bonds is 6. The molecule has 4 rings (SSSR count). The third-order valence-electron chi connectivity index (χ3n) is 5.80. The minimum Gasteiger partial charge on any atom is -0.389 e. The van der Waals surface area contributed by atoms with Gasteiger partial charge in [0.2, 0.25) is 6.04 Å². The molecule has 0 fully saturated rings. The maximum atomic E-state index is 13.6. The molecule has 8 nitrogen and oxygen atoms in total.